The van der Waals surface area contributed by atoms with Crippen molar-refractivity contribution in [2.75, 3.05) is 20.8 Å². The fourth-order valence-electron chi connectivity index (χ4n) is 3.92. The highest BCUT2D eigenvalue weighted by Gasteiger charge is 2.43. The lowest BCUT2D eigenvalue weighted by atomic mass is 9.95. The van der Waals surface area contributed by atoms with Gasteiger partial charge >= 0.3 is 0 Å². The first-order valence-corrected chi connectivity index (χ1v) is 11.0. The van der Waals surface area contributed by atoms with Gasteiger partial charge in [0.1, 0.15) is 0 Å². The first-order valence-electron chi connectivity index (χ1n) is 10.1. The summed E-state index contributed by atoms with van der Waals surface area (Å²) in [6.45, 7) is 0.319. The first-order chi connectivity index (χ1) is 15.5. The molecule has 0 fully saturated rings. The molecule has 1 amide bonds. The van der Waals surface area contributed by atoms with E-state index in [2.05, 4.69) is 0 Å². The molecule has 0 saturated carbocycles. The molecule has 164 valence electrons. The van der Waals surface area contributed by atoms with Crippen LogP contribution < -0.4 is 9.47 Å². The molecule has 1 aliphatic heterocycles. The van der Waals surface area contributed by atoms with Gasteiger partial charge in [-0.1, -0.05) is 42.5 Å². The number of nitrogens with zero attached hydrogens (tertiary/aromatic N) is 1. The zero-order valence-electron chi connectivity index (χ0n) is 17.8. The molecule has 32 heavy (non-hydrogen) atoms. The van der Waals surface area contributed by atoms with E-state index >= 15 is 0 Å². The standard InChI is InChI=1S/C25H23NO5S/c1-30-18-11-10-16(15-19(18)31-2)12-13-26-22(17-7-4-3-5-8-17)21(24(28)25(26)29)23(27)20-9-6-14-32-20/h3-11,14-15,22,28H,12-13H2,1-2H3/t22-/m0/s1. The van der Waals surface area contributed by atoms with Crippen molar-refractivity contribution in [3.63, 3.8) is 0 Å². The third-order valence-corrected chi connectivity index (χ3v) is 6.37. The quantitative estimate of drug-likeness (QED) is 0.509. The van der Waals surface area contributed by atoms with Gasteiger partial charge in [-0.3, -0.25) is 9.59 Å². The van der Waals surface area contributed by atoms with Crippen LogP contribution in [0.15, 0.2) is 77.4 Å². The number of methoxy groups -OCH3 is 2. The molecule has 4 rings (SSSR count). The molecule has 0 unspecified atom stereocenters. The van der Waals surface area contributed by atoms with Crippen LogP contribution in [-0.4, -0.2) is 42.5 Å². The van der Waals surface area contributed by atoms with Gasteiger partial charge in [0.15, 0.2) is 17.3 Å². The number of ketones is 1. The summed E-state index contributed by atoms with van der Waals surface area (Å²) in [7, 11) is 3.15. The van der Waals surface area contributed by atoms with Crippen molar-refractivity contribution < 1.29 is 24.2 Å². The Labute approximate surface area is 190 Å². The minimum absolute atomic E-state index is 0.121. The summed E-state index contributed by atoms with van der Waals surface area (Å²) in [5, 5.41) is 12.5. The minimum Gasteiger partial charge on any atom is -0.503 e. The van der Waals surface area contributed by atoms with Crippen LogP contribution in [0.25, 0.3) is 0 Å². The number of amides is 1. The molecule has 0 radical (unpaired) electrons. The Bertz CT molecular complexity index is 1150. The van der Waals surface area contributed by atoms with Crippen LogP contribution in [-0.2, 0) is 11.2 Å². The number of ether oxygens (including phenoxy) is 2. The number of carbonyl (C=O) groups excluding carboxylic acids is 2. The topological polar surface area (TPSA) is 76.1 Å². The lowest BCUT2D eigenvalue weighted by Crippen LogP contribution is -2.33. The van der Waals surface area contributed by atoms with Crippen LogP contribution in [0.5, 0.6) is 11.5 Å². The Morgan fingerprint density at radius 1 is 1.03 bits per heavy atom. The van der Waals surface area contributed by atoms with Gasteiger partial charge in [0.2, 0.25) is 5.78 Å². The monoisotopic (exact) mass is 449 g/mol. The Balaban J connectivity index is 1.66. The van der Waals surface area contributed by atoms with Crippen molar-refractivity contribution in [2.24, 2.45) is 0 Å². The number of hydrogen-bond donors (Lipinski definition) is 1. The molecular weight excluding hydrogens is 426 g/mol. The normalized spacial score (nSPS) is 15.9. The van der Waals surface area contributed by atoms with Crippen molar-refractivity contribution in [3.8, 4) is 11.5 Å². The van der Waals surface area contributed by atoms with E-state index in [0.29, 0.717) is 29.3 Å². The molecule has 0 aliphatic carbocycles. The van der Waals surface area contributed by atoms with Crippen molar-refractivity contribution in [2.45, 2.75) is 12.5 Å². The molecule has 0 spiro atoms. The van der Waals surface area contributed by atoms with E-state index in [9.17, 15) is 14.7 Å². The predicted octanol–water partition coefficient (Wildman–Crippen LogP) is 4.59. The molecule has 2 aromatic carbocycles. The lowest BCUT2D eigenvalue weighted by Gasteiger charge is -2.27. The van der Waals surface area contributed by atoms with Crippen molar-refractivity contribution in [3.05, 3.63) is 93.4 Å². The van der Waals surface area contributed by atoms with Crippen LogP contribution in [0.3, 0.4) is 0 Å². The second kappa shape index (κ2) is 9.28. The Hall–Kier alpha value is -3.58. The molecule has 2 heterocycles. The van der Waals surface area contributed by atoms with Crippen molar-refractivity contribution in [1.29, 1.82) is 0 Å². The number of rotatable bonds is 8. The minimum atomic E-state index is -0.654. The van der Waals surface area contributed by atoms with Gasteiger partial charge < -0.3 is 19.5 Å². The number of Topliss-reactive ketones (excluding diaryl/α,β-unsaturated/α-hetero) is 1. The maximum Gasteiger partial charge on any atom is 0.290 e. The van der Waals surface area contributed by atoms with E-state index in [1.165, 1.54) is 11.3 Å². The average Bonchev–Trinajstić information content (AvgIpc) is 3.45. The Morgan fingerprint density at radius 3 is 2.44 bits per heavy atom. The number of thiophene rings is 1. The molecule has 0 saturated heterocycles. The van der Waals surface area contributed by atoms with Gasteiger partial charge in [0, 0.05) is 6.54 Å². The van der Waals surface area contributed by atoms with E-state index in [1.807, 2.05) is 48.5 Å². The fourth-order valence-corrected chi connectivity index (χ4v) is 4.60. The maximum atomic E-state index is 13.2. The summed E-state index contributed by atoms with van der Waals surface area (Å²) in [6, 6.07) is 17.7. The Kier molecular flexibility index (Phi) is 6.28. The number of aliphatic hydroxyl groups is 1. The third-order valence-electron chi connectivity index (χ3n) is 5.50. The van der Waals surface area contributed by atoms with Gasteiger partial charge in [-0.05, 0) is 41.1 Å². The largest absolute Gasteiger partial charge is 0.503 e. The molecule has 1 aliphatic rings. The van der Waals surface area contributed by atoms with Crippen LogP contribution in [0.1, 0.15) is 26.8 Å². The highest BCUT2D eigenvalue weighted by atomic mass is 32.1. The molecule has 3 aromatic rings. The fraction of sp³-hybridized carbons (Fsp3) is 0.200. The van der Waals surface area contributed by atoms with E-state index in [-0.39, 0.29) is 11.4 Å². The van der Waals surface area contributed by atoms with Crippen LogP contribution in [0.4, 0.5) is 0 Å². The number of hydrogen-bond acceptors (Lipinski definition) is 6. The van der Waals surface area contributed by atoms with Crippen molar-refractivity contribution in [1.82, 2.24) is 4.90 Å². The molecule has 0 bridgehead atoms. The molecule has 6 nitrogen and oxygen atoms in total. The third kappa shape index (κ3) is 3.99. The molecule has 7 heteroatoms. The SMILES string of the molecule is COc1ccc(CCN2C(=O)C(O)=C(C(=O)c3cccs3)[C@@H]2c2ccccc2)cc1OC. The van der Waals surface area contributed by atoms with Crippen LogP contribution in [0.2, 0.25) is 0 Å². The zero-order valence-corrected chi connectivity index (χ0v) is 18.6. The van der Waals surface area contributed by atoms with Crippen molar-refractivity contribution >= 4 is 23.0 Å². The van der Waals surface area contributed by atoms with E-state index in [0.717, 1.165) is 11.1 Å². The van der Waals surface area contributed by atoms with E-state index < -0.39 is 17.7 Å². The molecular formula is C25H23NO5S. The summed E-state index contributed by atoms with van der Waals surface area (Å²) in [5.41, 5.74) is 1.84. The zero-order chi connectivity index (χ0) is 22.7. The summed E-state index contributed by atoms with van der Waals surface area (Å²) in [5.74, 6) is -0.122. The summed E-state index contributed by atoms with van der Waals surface area (Å²) < 4.78 is 10.7. The van der Waals surface area contributed by atoms with Gasteiger partial charge in [-0.2, -0.15) is 0 Å². The summed E-state index contributed by atoms with van der Waals surface area (Å²) in [4.78, 5) is 28.3. The highest BCUT2D eigenvalue weighted by Crippen LogP contribution is 2.39. The molecule has 1 atom stereocenters. The average molecular weight is 450 g/mol. The predicted molar refractivity (Wildman–Crippen MR) is 122 cm³/mol. The first kappa shape index (κ1) is 21.6. The maximum absolute atomic E-state index is 13.2. The van der Waals surface area contributed by atoms with E-state index in [1.54, 1.807) is 36.6 Å². The second-order valence-corrected chi connectivity index (χ2v) is 8.27. The van der Waals surface area contributed by atoms with Gasteiger partial charge in [0.05, 0.1) is 30.7 Å². The summed E-state index contributed by atoms with van der Waals surface area (Å²) in [6.07, 6.45) is 0.517. The number of benzene rings is 2. The molecule has 1 N–H and O–H groups in total. The number of aliphatic hydroxyl groups excluding tert-OH is 1. The number of carbonyl (C=O) groups is 2. The second-order valence-electron chi connectivity index (χ2n) is 7.32. The van der Waals surface area contributed by atoms with Crippen LogP contribution in [0, 0.1) is 0 Å². The highest BCUT2D eigenvalue weighted by molar-refractivity contribution is 7.12. The summed E-state index contributed by atoms with van der Waals surface area (Å²) >= 11 is 1.29. The molecule has 1 aromatic heterocycles. The van der Waals surface area contributed by atoms with Gasteiger partial charge in [-0.15, -0.1) is 11.3 Å². The van der Waals surface area contributed by atoms with Crippen LogP contribution >= 0.6 is 11.3 Å². The van der Waals surface area contributed by atoms with Gasteiger partial charge in [0.25, 0.3) is 5.91 Å². The lowest BCUT2D eigenvalue weighted by molar-refractivity contribution is -0.129. The Morgan fingerprint density at radius 2 is 1.78 bits per heavy atom. The smallest absolute Gasteiger partial charge is 0.290 e. The van der Waals surface area contributed by atoms with E-state index in [4.69, 9.17) is 9.47 Å². The van der Waals surface area contributed by atoms with Gasteiger partial charge in [-0.25, -0.2) is 0 Å².